The predicted molar refractivity (Wildman–Crippen MR) is 67.3 cm³/mol. The maximum Gasteiger partial charge on any atom is 0.416 e. The molecule has 1 aromatic rings. The summed E-state index contributed by atoms with van der Waals surface area (Å²) in [5.74, 6) is -0.620. The maximum atomic E-state index is 12.4. The molecule has 0 heterocycles. The number of benzene rings is 1. The number of hydrogen-bond donors (Lipinski definition) is 0. The van der Waals surface area contributed by atoms with Crippen LogP contribution >= 0.6 is 0 Å². The number of alkyl halides is 3. The SMILES string of the molecule is CCOC(=O)C(C)C(C)Oc1ccc(C(F)(F)F)cc1. The summed E-state index contributed by atoms with van der Waals surface area (Å²) in [6.45, 7) is 5.29. The molecule has 0 aromatic heterocycles. The minimum Gasteiger partial charge on any atom is -0.490 e. The van der Waals surface area contributed by atoms with Crippen LogP contribution in [0, 0.1) is 5.92 Å². The van der Waals surface area contributed by atoms with Gasteiger partial charge in [0, 0.05) is 0 Å². The molecule has 2 unspecified atom stereocenters. The van der Waals surface area contributed by atoms with Crippen LogP contribution in [-0.2, 0) is 15.7 Å². The molecule has 0 amide bonds. The van der Waals surface area contributed by atoms with E-state index in [4.69, 9.17) is 9.47 Å². The quantitative estimate of drug-likeness (QED) is 0.776. The zero-order chi connectivity index (χ0) is 15.3. The van der Waals surface area contributed by atoms with Crippen LogP contribution in [0.4, 0.5) is 13.2 Å². The molecule has 0 radical (unpaired) electrons. The summed E-state index contributed by atoms with van der Waals surface area (Å²) >= 11 is 0. The molecular formula is C14H17F3O3. The Hall–Kier alpha value is -1.72. The van der Waals surface area contributed by atoms with Crippen LogP contribution in [0.1, 0.15) is 26.3 Å². The van der Waals surface area contributed by atoms with Crippen LogP contribution in [0.3, 0.4) is 0 Å². The summed E-state index contributed by atoms with van der Waals surface area (Å²) in [6.07, 6.45) is -4.87. The lowest BCUT2D eigenvalue weighted by atomic mass is 10.1. The van der Waals surface area contributed by atoms with Gasteiger partial charge in [-0.1, -0.05) is 0 Å². The minimum atomic E-state index is -4.37. The topological polar surface area (TPSA) is 35.5 Å². The Bertz CT molecular complexity index is 440. The molecule has 0 N–H and O–H groups in total. The normalized spacial score (nSPS) is 14.5. The van der Waals surface area contributed by atoms with Crippen molar-refractivity contribution >= 4 is 5.97 Å². The van der Waals surface area contributed by atoms with E-state index < -0.39 is 29.7 Å². The van der Waals surface area contributed by atoms with Crippen molar-refractivity contribution in [3.8, 4) is 5.75 Å². The average Bonchev–Trinajstić information content (AvgIpc) is 2.37. The van der Waals surface area contributed by atoms with Crippen molar-refractivity contribution in [2.75, 3.05) is 6.61 Å². The third-order valence-electron chi connectivity index (χ3n) is 2.87. The molecule has 1 rings (SSSR count). The lowest BCUT2D eigenvalue weighted by molar-refractivity contribution is -0.150. The van der Waals surface area contributed by atoms with Crippen LogP contribution in [0.15, 0.2) is 24.3 Å². The maximum absolute atomic E-state index is 12.4. The highest BCUT2D eigenvalue weighted by molar-refractivity contribution is 5.72. The second-order valence-electron chi connectivity index (χ2n) is 4.39. The molecule has 6 heteroatoms. The second-order valence-corrected chi connectivity index (χ2v) is 4.39. The Morgan fingerprint density at radius 1 is 1.20 bits per heavy atom. The largest absolute Gasteiger partial charge is 0.490 e. The highest BCUT2D eigenvalue weighted by Crippen LogP contribution is 2.30. The molecule has 0 saturated heterocycles. The molecule has 112 valence electrons. The van der Waals surface area contributed by atoms with Crippen molar-refractivity contribution in [2.45, 2.75) is 33.1 Å². The van der Waals surface area contributed by atoms with E-state index >= 15 is 0 Å². The molecular weight excluding hydrogens is 273 g/mol. The monoisotopic (exact) mass is 290 g/mol. The van der Waals surface area contributed by atoms with E-state index in [1.54, 1.807) is 20.8 Å². The van der Waals surface area contributed by atoms with Crippen molar-refractivity contribution in [3.05, 3.63) is 29.8 Å². The minimum absolute atomic E-state index is 0.274. The van der Waals surface area contributed by atoms with E-state index in [1.807, 2.05) is 0 Å². The first-order chi connectivity index (χ1) is 9.25. The number of carbonyl (C=O) groups is 1. The van der Waals surface area contributed by atoms with Crippen LogP contribution in [0.5, 0.6) is 5.75 Å². The fourth-order valence-corrected chi connectivity index (χ4v) is 1.50. The number of esters is 1. The third-order valence-corrected chi connectivity index (χ3v) is 2.87. The zero-order valence-electron chi connectivity index (χ0n) is 11.5. The van der Waals surface area contributed by atoms with Crippen LogP contribution < -0.4 is 4.74 Å². The average molecular weight is 290 g/mol. The molecule has 3 nitrogen and oxygen atoms in total. The van der Waals surface area contributed by atoms with E-state index in [0.29, 0.717) is 0 Å². The first-order valence-electron chi connectivity index (χ1n) is 6.26. The van der Waals surface area contributed by atoms with Crippen molar-refractivity contribution in [3.63, 3.8) is 0 Å². The predicted octanol–water partition coefficient (Wildman–Crippen LogP) is 3.67. The van der Waals surface area contributed by atoms with Crippen molar-refractivity contribution in [1.29, 1.82) is 0 Å². The number of rotatable bonds is 5. The van der Waals surface area contributed by atoms with Gasteiger partial charge in [0.1, 0.15) is 11.9 Å². The molecule has 1 aromatic carbocycles. The summed E-state index contributed by atoms with van der Waals surface area (Å²) in [4.78, 5) is 11.5. The number of ether oxygens (including phenoxy) is 2. The molecule has 0 aliphatic heterocycles. The van der Waals surface area contributed by atoms with Gasteiger partial charge in [0.05, 0.1) is 18.1 Å². The van der Waals surface area contributed by atoms with Gasteiger partial charge in [0.15, 0.2) is 0 Å². The van der Waals surface area contributed by atoms with E-state index in [-0.39, 0.29) is 12.4 Å². The van der Waals surface area contributed by atoms with Gasteiger partial charge in [-0.3, -0.25) is 4.79 Å². The summed E-state index contributed by atoms with van der Waals surface area (Å²) in [5, 5.41) is 0. The lowest BCUT2D eigenvalue weighted by Gasteiger charge is -2.20. The van der Waals surface area contributed by atoms with Crippen LogP contribution in [0.2, 0.25) is 0 Å². The fraction of sp³-hybridized carbons (Fsp3) is 0.500. The zero-order valence-corrected chi connectivity index (χ0v) is 11.5. The summed E-state index contributed by atoms with van der Waals surface area (Å²) < 4.78 is 47.5. The van der Waals surface area contributed by atoms with Gasteiger partial charge in [0.25, 0.3) is 0 Å². The van der Waals surface area contributed by atoms with E-state index in [1.165, 1.54) is 12.1 Å². The number of halogens is 3. The molecule has 0 saturated carbocycles. The summed E-state index contributed by atoms with van der Waals surface area (Å²) in [6, 6.07) is 4.35. The lowest BCUT2D eigenvalue weighted by Crippen LogP contribution is -2.29. The summed E-state index contributed by atoms with van der Waals surface area (Å²) in [7, 11) is 0. The van der Waals surface area contributed by atoms with Gasteiger partial charge in [-0.25, -0.2) is 0 Å². The van der Waals surface area contributed by atoms with E-state index in [9.17, 15) is 18.0 Å². The smallest absolute Gasteiger partial charge is 0.416 e. The third kappa shape index (κ3) is 4.43. The first-order valence-corrected chi connectivity index (χ1v) is 6.26. The van der Waals surface area contributed by atoms with Crippen molar-refractivity contribution < 1.29 is 27.4 Å². The Labute approximate surface area is 115 Å². The highest BCUT2D eigenvalue weighted by Gasteiger charge is 2.30. The fourth-order valence-electron chi connectivity index (χ4n) is 1.50. The van der Waals surface area contributed by atoms with E-state index in [0.717, 1.165) is 12.1 Å². The summed E-state index contributed by atoms with van der Waals surface area (Å²) in [5.41, 5.74) is -0.740. The second kappa shape index (κ2) is 6.63. The first kappa shape index (κ1) is 16.3. The van der Waals surface area contributed by atoms with E-state index in [2.05, 4.69) is 0 Å². The number of carbonyl (C=O) groups excluding carboxylic acids is 1. The molecule has 2 atom stereocenters. The molecule has 0 aliphatic carbocycles. The highest BCUT2D eigenvalue weighted by atomic mass is 19.4. The van der Waals surface area contributed by atoms with Gasteiger partial charge in [-0.05, 0) is 45.0 Å². The molecule has 0 fully saturated rings. The molecule has 0 aliphatic rings. The van der Waals surface area contributed by atoms with Gasteiger partial charge in [-0.15, -0.1) is 0 Å². The van der Waals surface area contributed by atoms with Crippen LogP contribution in [0.25, 0.3) is 0 Å². The molecule has 0 bridgehead atoms. The number of hydrogen-bond acceptors (Lipinski definition) is 3. The van der Waals surface area contributed by atoms with Gasteiger partial charge >= 0.3 is 12.1 Å². The standard InChI is InChI=1S/C14H17F3O3/c1-4-19-13(18)9(2)10(3)20-12-7-5-11(6-8-12)14(15,16)17/h5-10H,4H2,1-3H3. The van der Waals surface area contributed by atoms with Gasteiger partial charge in [0.2, 0.25) is 0 Å². The van der Waals surface area contributed by atoms with Crippen molar-refractivity contribution in [1.82, 2.24) is 0 Å². The van der Waals surface area contributed by atoms with Crippen LogP contribution in [-0.4, -0.2) is 18.7 Å². The Balaban J connectivity index is 2.67. The Morgan fingerprint density at radius 2 is 1.75 bits per heavy atom. The Morgan fingerprint density at radius 3 is 2.20 bits per heavy atom. The Kier molecular flexibility index (Phi) is 5.42. The molecule has 0 spiro atoms. The van der Waals surface area contributed by atoms with Gasteiger partial charge in [-0.2, -0.15) is 13.2 Å². The van der Waals surface area contributed by atoms with Gasteiger partial charge < -0.3 is 9.47 Å². The molecule has 20 heavy (non-hydrogen) atoms. The van der Waals surface area contributed by atoms with Crippen molar-refractivity contribution in [2.24, 2.45) is 5.92 Å².